The van der Waals surface area contributed by atoms with Gasteiger partial charge in [0.1, 0.15) is 4.90 Å². The molecule has 0 bridgehead atoms. The first kappa shape index (κ1) is 16.5. The van der Waals surface area contributed by atoms with Crippen LogP contribution in [0.2, 0.25) is 10.0 Å². The van der Waals surface area contributed by atoms with Crippen LogP contribution in [0.5, 0.6) is 0 Å². The number of hydrogen-bond acceptors (Lipinski definition) is 4. The fraction of sp³-hybridized carbons (Fsp3) is 0.417. The minimum absolute atomic E-state index is 0.102. The molecule has 1 atom stereocenters. The molecule has 1 aliphatic rings. The summed E-state index contributed by atoms with van der Waals surface area (Å²) in [6.45, 7) is 1.05. The summed E-state index contributed by atoms with van der Waals surface area (Å²) in [7, 11) is -3.86. The maximum Gasteiger partial charge on any atom is 0.338 e. The molecule has 0 aromatic heterocycles. The standard InChI is InChI=1S/C12H14Cl2N2O4S/c13-8-1-2-9(11(14)10(8)12(17)18)21(19,20)16-4-3-7(5-15)6-16/h1-2,7H,3-6,15H2,(H,17,18). The van der Waals surface area contributed by atoms with E-state index in [9.17, 15) is 13.2 Å². The molecule has 6 nitrogen and oxygen atoms in total. The normalized spacial score (nSPS) is 19.9. The molecule has 1 fully saturated rings. The zero-order chi connectivity index (χ0) is 15.8. The molecule has 116 valence electrons. The number of nitrogens with two attached hydrogens (primary N) is 1. The van der Waals surface area contributed by atoms with E-state index in [4.69, 9.17) is 34.0 Å². The number of carboxylic acids is 1. The first-order valence-electron chi connectivity index (χ1n) is 6.20. The molecule has 3 N–H and O–H groups in total. The van der Waals surface area contributed by atoms with Crippen LogP contribution in [0.25, 0.3) is 0 Å². The molecule has 1 aliphatic heterocycles. The molecule has 1 unspecified atom stereocenters. The number of rotatable bonds is 4. The van der Waals surface area contributed by atoms with E-state index in [1.165, 1.54) is 16.4 Å². The van der Waals surface area contributed by atoms with Crippen molar-refractivity contribution in [3.05, 3.63) is 27.7 Å². The van der Waals surface area contributed by atoms with Gasteiger partial charge in [0.05, 0.1) is 15.6 Å². The van der Waals surface area contributed by atoms with Crippen molar-refractivity contribution in [2.75, 3.05) is 19.6 Å². The monoisotopic (exact) mass is 352 g/mol. The molecule has 9 heteroatoms. The third kappa shape index (κ3) is 3.02. The van der Waals surface area contributed by atoms with Crippen molar-refractivity contribution in [3.63, 3.8) is 0 Å². The van der Waals surface area contributed by atoms with Gasteiger partial charge in [0.2, 0.25) is 10.0 Å². The van der Waals surface area contributed by atoms with Gasteiger partial charge >= 0.3 is 5.97 Å². The Morgan fingerprint density at radius 2 is 2.10 bits per heavy atom. The third-order valence-corrected chi connectivity index (χ3v) is 6.20. The van der Waals surface area contributed by atoms with Crippen molar-refractivity contribution in [2.24, 2.45) is 11.7 Å². The Bertz CT molecular complexity index is 678. The van der Waals surface area contributed by atoms with Gasteiger partial charge in [-0.1, -0.05) is 23.2 Å². The topological polar surface area (TPSA) is 101 Å². The van der Waals surface area contributed by atoms with Crippen LogP contribution in [0.3, 0.4) is 0 Å². The fourth-order valence-corrected chi connectivity index (χ4v) is 4.70. The lowest BCUT2D eigenvalue weighted by atomic mass is 10.1. The molecule has 1 aromatic rings. The van der Waals surface area contributed by atoms with E-state index in [1.807, 2.05) is 0 Å². The lowest BCUT2D eigenvalue weighted by molar-refractivity contribution is 0.0697. The van der Waals surface area contributed by atoms with Gasteiger partial charge in [0.25, 0.3) is 0 Å². The fourth-order valence-electron chi connectivity index (χ4n) is 2.28. The molecule has 2 rings (SSSR count). The first-order chi connectivity index (χ1) is 9.78. The predicted octanol–water partition coefficient (Wildman–Crippen LogP) is 1.66. The average Bonchev–Trinajstić information content (AvgIpc) is 2.87. The number of halogens is 2. The second-order valence-electron chi connectivity index (χ2n) is 4.79. The maximum absolute atomic E-state index is 12.6. The highest BCUT2D eigenvalue weighted by Crippen LogP contribution is 2.34. The minimum atomic E-state index is -3.86. The number of carbonyl (C=O) groups is 1. The molecular formula is C12H14Cl2N2O4S. The summed E-state index contributed by atoms with van der Waals surface area (Å²) in [4.78, 5) is 10.9. The van der Waals surface area contributed by atoms with E-state index < -0.39 is 21.6 Å². The van der Waals surface area contributed by atoms with Crippen molar-refractivity contribution in [2.45, 2.75) is 11.3 Å². The van der Waals surface area contributed by atoms with E-state index in [-0.39, 0.29) is 20.9 Å². The van der Waals surface area contributed by atoms with E-state index >= 15 is 0 Å². The molecule has 0 spiro atoms. The van der Waals surface area contributed by atoms with Gasteiger partial charge in [0.15, 0.2) is 0 Å². The van der Waals surface area contributed by atoms with E-state index in [1.54, 1.807) is 0 Å². The number of carboxylic acid groups (broad SMARTS) is 1. The number of hydrogen-bond donors (Lipinski definition) is 2. The highest BCUT2D eigenvalue weighted by molar-refractivity contribution is 7.89. The van der Waals surface area contributed by atoms with Crippen LogP contribution in [0.15, 0.2) is 17.0 Å². The van der Waals surface area contributed by atoms with Crippen LogP contribution >= 0.6 is 23.2 Å². The number of sulfonamides is 1. The van der Waals surface area contributed by atoms with Gasteiger partial charge < -0.3 is 10.8 Å². The molecule has 21 heavy (non-hydrogen) atoms. The van der Waals surface area contributed by atoms with Crippen LogP contribution in [-0.2, 0) is 10.0 Å². The Labute approximate surface area is 132 Å². The van der Waals surface area contributed by atoms with Crippen LogP contribution in [0.4, 0.5) is 0 Å². The summed E-state index contributed by atoms with van der Waals surface area (Å²) in [6.07, 6.45) is 0.673. The Balaban J connectivity index is 2.47. The van der Waals surface area contributed by atoms with Gasteiger partial charge in [-0.05, 0) is 31.0 Å². The van der Waals surface area contributed by atoms with E-state index in [0.29, 0.717) is 26.1 Å². The van der Waals surface area contributed by atoms with Crippen molar-refractivity contribution >= 4 is 39.2 Å². The maximum atomic E-state index is 12.6. The number of nitrogens with zero attached hydrogens (tertiary/aromatic N) is 1. The SMILES string of the molecule is NCC1CCN(S(=O)(=O)c2ccc(Cl)c(C(=O)O)c2Cl)C1. The lowest BCUT2D eigenvalue weighted by Crippen LogP contribution is -2.30. The Morgan fingerprint density at radius 1 is 1.43 bits per heavy atom. The Morgan fingerprint density at radius 3 is 2.62 bits per heavy atom. The van der Waals surface area contributed by atoms with Crippen LogP contribution in [-0.4, -0.2) is 43.4 Å². The second-order valence-corrected chi connectivity index (χ2v) is 7.48. The molecule has 1 aromatic carbocycles. The zero-order valence-electron chi connectivity index (χ0n) is 10.9. The summed E-state index contributed by atoms with van der Waals surface area (Å²) < 4.78 is 26.4. The van der Waals surface area contributed by atoms with Gasteiger partial charge in [-0.25, -0.2) is 13.2 Å². The molecular weight excluding hydrogens is 339 g/mol. The van der Waals surface area contributed by atoms with E-state index in [0.717, 1.165) is 0 Å². The van der Waals surface area contributed by atoms with Crippen molar-refractivity contribution in [1.82, 2.24) is 4.31 Å². The van der Waals surface area contributed by atoms with Crippen molar-refractivity contribution < 1.29 is 18.3 Å². The van der Waals surface area contributed by atoms with Crippen LogP contribution in [0.1, 0.15) is 16.8 Å². The molecule has 0 aliphatic carbocycles. The zero-order valence-corrected chi connectivity index (χ0v) is 13.2. The molecule has 1 saturated heterocycles. The van der Waals surface area contributed by atoms with E-state index in [2.05, 4.69) is 0 Å². The summed E-state index contributed by atoms with van der Waals surface area (Å²) in [5.74, 6) is -1.27. The Kier molecular flexibility index (Phi) is 4.79. The van der Waals surface area contributed by atoms with Gasteiger partial charge in [0, 0.05) is 13.1 Å². The number of benzene rings is 1. The molecule has 0 radical (unpaired) electrons. The van der Waals surface area contributed by atoms with Crippen molar-refractivity contribution in [3.8, 4) is 0 Å². The summed E-state index contributed by atoms with van der Waals surface area (Å²) in [6, 6.07) is 2.45. The lowest BCUT2D eigenvalue weighted by Gasteiger charge is -2.18. The summed E-state index contributed by atoms with van der Waals surface area (Å²) >= 11 is 11.7. The third-order valence-electron chi connectivity index (χ3n) is 3.47. The van der Waals surface area contributed by atoms with Gasteiger partial charge in [-0.15, -0.1) is 0 Å². The largest absolute Gasteiger partial charge is 0.478 e. The van der Waals surface area contributed by atoms with Crippen LogP contribution < -0.4 is 5.73 Å². The van der Waals surface area contributed by atoms with Crippen molar-refractivity contribution in [1.29, 1.82) is 0 Å². The molecule has 1 heterocycles. The average molecular weight is 353 g/mol. The Hall–Kier alpha value is -0.860. The van der Waals surface area contributed by atoms with Gasteiger partial charge in [-0.2, -0.15) is 4.31 Å². The summed E-state index contributed by atoms with van der Waals surface area (Å²) in [5, 5.41) is 8.62. The quantitative estimate of drug-likeness (QED) is 0.857. The van der Waals surface area contributed by atoms with Gasteiger partial charge in [-0.3, -0.25) is 0 Å². The highest BCUT2D eigenvalue weighted by Gasteiger charge is 2.34. The highest BCUT2D eigenvalue weighted by atomic mass is 35.5. The summed E-state index contributed by atoms with van der Waals surface area (Å²) in [5.41, 5.74) is 5.14. The first-order valence-corrected chi connectivity index (χ1v) is 8.40. The molecule has 0 saturated carbocycles. The minimum Gasteiger partial charge on any atom is -0.478 e. The predicted molar refractivity (Wildman–Crippen MR) is 79.3 cm³/mol. The number of aromatic carboxylic acids is 1. The van der Waals surface area contributed by atoms with Crippen LogP contribution in [0, 0.1) is 5.92 Å². The second kappa shape index (κ2) is 6.10. The smallest absolute Gasteiger partial charge is 0.338 e. The molecule has 0 amide bonds.